The van der Waals surface area contributed by atoms with E-state index in [-0.39, 0.29) is 11.1 Å². The first-order valence-corrected chi connectivity index (χ1v) is 8.78. The SMILES string of the molecule is CCCN(C)C(=O)c1cc(C(=O)OC)cc(C(F)(F)c2ccco2)c1.F[B-](F)(F)F.N#[O+]. The molecular weight excluding hydrogens is 449 g/mol. The number of nitrogens with zero attached hydrogens (tertiary/aromatic N) is 2. The van der Waals surface area contributed by atoms with E-state index in [2.05, 4.69) is 4.74 Å². The third-order valence-electron chi connectivity index (χ3n) is 3.70. The van der Waals surface area contributed by atoms with Crippen LogP contribution in [0.4, 0.5) is 26.0 Å². The van der Waals surface area contributed by atoms with Crippen molar-refractivity contribution < 1.29 is 49.6 Å². The second kappa shape index (κ2) is 12.6. The van der Waals surface area contributed by atoms with Gasteiger partial charge in [-0.05, 0) is 36.8 Å². The number of amides is 1. The molecule has 2 rings (SSSR count). The first-order valence-electron chi connectivity index (χ1n) is 8.78. The van der Waals surface area contributed by atoms with Gasteiger partial charge in [0.2, 0.25) is 0 Å². The third kappa shape index (κ3) is 8.86. The van der Waals surface area contributed by atoms with Gasteiger partial charge in [0.05, 0.1) is 18.9 Å². The number of benzene rings is 1. The molecule has 176 valence electrons. The number of ether oxygens (including phenoxy) is 1. The van der Waals surface area contributed by atoms with E-state index in [1.165, 1.54) is 17.0 Å². The van der Waals surface area contributed by atoms with Gasteiger partial charge in [0.1, 0.15) is 0 Å². The molecule has 0 aliphatic heterocycles. The van der Waals surface area contributed by atoms with Gasteiger partial charge in [-0.2, -0.15) is 8.78 Å². The molecule has 1 aromatic heterocycles. The van der Waals surface area contributed by atoms with Crippen LogP contribution in [0, 0.1) is 5.46 Å². The van der Waals surface area contributed by atoms with E-state index in [4.69, 9.17) is 14.7 Å². The Morgan fingerprint density at radius 2 is 1.69 bits per heavy atom. The average Bonchev–Trinajstić information content (AvgIpc) is 3.28. The zero-order valence-corrected chi connectivity index (χ0v) is 17.2. The topological polar surface area (TPSA) is 103 Å². The molecule has 0 atom stereocenters. The number of halogens is 6. The average molecular weight is 468 g/mol. The van der Waals surface area contributed by atoms with Gasteiger partial charge in [0, 0.05) is 24.7 Å². The number of hydrogen-bond donors (Lipinski definition) is 0. The Morgan fingerprint density at radius 1 is 1.16 bits per heavy atom. The Kier molecular flexibility index (Phi) is 11.3. The molecule has 0 bridgehead atoms. The van der Waals surface area contributed by atoms with Crippen LogP contribution in [0.1, 0.15) is 45.4 Å². The van der Waals surface area contributed by atoms with Crippen molar-refractivity contribution in [3.8, 4) is 0 Å². The number of alkyl halides is 2. The minimum atomic E-state index is -6.00. The first-order chi connectivity index (χ1) is 14.8. The van der Waals surface area contributed by atoms with Crippen LogP contribution in [-0.4, -0.2) is 44.7 Å². The molecule has 0 saturated heterocycles. The van der Waals surface area contributed by atoms with E-state index in [1.807, 2.05) is 6.92 Å². The molecule has 14 heteroatoms. The van der Waals surface area contributed by atoms with Crippen molar-refractivity contribution in [3.05, 3.63) is 59.0 Å². The summed E-state index contributed by atoms with van der Waals surface area (Å²) in [6.07, 6.45) is 1.85. The van der Waals surface area contributed by atoms with Gasteiger partial charge in [-0.1, -0.05) is 6.92 Å². The summed E-state index contributed by atoms with van der Waals surface area (Å²) < 4.78 is 85.0. The van der Waals surface area contributed by atoms with E-state index < -0.39 is 36.4 Å². The van der Waals surface area contributed by atoms with Crippen LogP contribution < -0.4 is 0 Å². The van der Waals surface area contributed by atoms with Crippen molar-refractivity contribution in [2.75, 3.05) is 20.7 Å². The molecule has 0 fully saturated rings. The van der Waals surface area contributed by atoms with Gasteiger partial charge in [-0.25, -0.2) is 4.79 Å². The molecule has 32 heavy (non-hydrogen) atoms. The number of hydrogen-bond acceptors (Lipinski definition) is 5. The maximum absolute atomic E-state index is 14.7. The van der Waals surface area contributed by atoms with Crippen LogP contribution in [0.2, 0.25) is 0 Å². The summed E-state index contributed by atoms with van der Waals surface area (Å²) in [6, 6.07) is 5.81. The quantitative estimate of drug-likeness (QED) is 0.260. The molecule has 0 radical (unpaired) electrons. The second-order valence-electron chi connectivity index (χ2n) is 6.06. The van der Waals surface area contributed by atoms with Gasteiger partial charge in [0.15, 0.2) is 5.76 Å². The van der Waals surface area contributed by atoms with Crippen LogP contribution in [0.15, 0.2) is 41.0 Å². The summed E-state index contributed by atoms with van der Waals surface area (Å²) >= 11 is 0. The summed E-state index contributed by atoms with van der Waals surface area (Å²) in [7, 11) is -3.29. The maximum atomic E-state index is 14.7. The van der Waals surface area contributed by atoms with Crippen molar-refractivity contribution in [1.82, 2.24) is 4.90 Å². The van der Waals surface area contributed by atoms with Crippen LogP contribution >= 0.6 is 0 Å². The van der Waals surface area contributed by atoms with Gasteiger partial charge in [-0.3, -0.25) is 4.79 Å². The fourth-order valence-electron chi connectivity index (χ4n) is 2.42. The van der Waals surface area contributed by atoms with Crippen molar-refractivity contribution in [2.24, 2.45) is 0 Å². The van der Waals surface area contributed by atoms with E-state index in [0.717, 1.165) is 31.6 Å². The van der Waals surface area contributed by atoms with Gasteiger partial charge >= 0.3 is 29.4 Å². The van der Waals surface area contributed by atoms with Gasteiger partial charge < -0.3 is 31.3 Å². The molecule has 1 aromatic carbocycles. The molecule has 0 unspecified atom stereocenters. The zero-order chi connectivity index (χ0) is 25.1. The second-order valence-corrected chi connectivity index (χ2v) is 6.06. The molecule has 1 amide bonds. The molecule has 0 aliphatic rings. The number of carbonyl (C=O) groups is 2. The van der Waals surface area contributed by atoms with E-state index in [9.17, 15) is 35.6 Å². The van der Waals surface area contributed by atoms with E-state index in [1.54, 1.807) is 7.05 Å². The van der Waals surface area contributed by atoms with Crippen molar-refractivity contribution in [3.63, 3.8) is 0 Å². The van der Waals surface area contributed by atoms with Gasteiger partial charge in [-0.15, -0.1) is 0 Å². The standard InChI is InChI=1S/C18H19F2NO4.BF4.NO/c1-4-7-21(2)16(22)12-9-13(17(23)24-3)11-14(10-12)18(19,20)15-6-5-8-25-15;2-1(3,4)5;1-2/h5-6,8-11H,4,7H2,1-3H3;;/q;-1;+1. The molecule has 0 aliphatic carbocycles. The Labute approximate surface area is 178 Å². The predicted octanol–water partition coefficient (Wildman–Crippen LogP) is 4.88. The Hall–Kier alpha value is -3.25. The number of carbonyl (C=O) groups excluding carboxylic acids is 2. The third-order valence-corrected chi connectivity index (χ3v) is 3.70. The van der Waals surface area contributed by atoms with Crippen LogP contribution in [0.5, 0.6) is 0 Å². The summed E-state index contributed by atoms with van der Waals surface area (Å²) in [5.74, 6) is -5.32. The number of furan rings is 1. The van der Waals surface area contributed by atoms with Crippen molar-refractivity contribution in [2.45, 2.75) is 19.3 Å². The first kappa shape index (κ1) is 28.8. The van der Waals surface area contributed by atoms with Crippen LogP contribution in [0.3, 0.4) is 0 Å². The summed E-state index contributed by atoms with van der Waals surface area (Å²) in [5.41, 5.74) is 5.10. The van der Waals surface area contributed by atoms with Crippen LogP contribution in [0.25, 0.3) is 0 Å². The number of methoxy groups -OCH3 is 1. The fraction of sp³-hybridized carbons (Fsp3) is 0.333. The Balaban J connectivity index is 0.00000121. The van der Waals surface area contributed by atoms with E-state index >= 15 is 0 Å². The summed E-state index contributed by atoms with van der Waals surface area (Å²) in [5, 5.41) is 0. The monoisotopic (exact) mass is 468 g/mol. The Morgan fingerprint density at radius 3 is 2.12 bits per heavy atom. The normalized spacial score (nSPS) is 10.7. The van der Waals surface area contributed by atoms with Crippen molar-refractivity contribution in [1.29, 1.82) is 5.46 Å². The van der Waals surface area contributed by atoms with Gasteiger partial charge in [0.25, 0.3) is 5.91 Å². The Bertz CT molecular complexity index is 897. The molecule has 0 spiro atoms. The molecule has 7 nitrogen and oxygen atoms in total. The summed E-state index contributed by atoms with van der Waals surface area (Å²) in [4.78, 5) is 25.7. The molecule has 1 heterocycles. The van der Waals surface area contributed by atoms with E-state index in [0.29, 0.717) is 13.0 Å². The molecule has 0 N–H and O–H groups in total. The predicted molar refractivity (Wildman–Crippen MR) is 99.3 cm³/mol. The number of rotatable bonds is 6. The summed E-state index contributed by atoms with van der Waals surface area (Å²) in [6.45, 7) is 2.36. The minimum absolute atomic E-state index is 0.0138. The number of esters is 1. The molecule has 0 saturated carbocycles. The fourth-order valence-corrected chi connectivity index (χ4v) is 2.42. The molecule has 2 aromatic rings. The van der Waals surface area contributed by atoms with Crippen LogP contribution in [-0.2, 0) is 15.4 Å². The zero-order valence-electron chi connectivity index (χ0n) is 17.2. The molecular formula is C18H19BF6N2O5. The van der Waals surface area contributed by atoms with Crippen molar-refractivity contribution >= 4 is 19.1 Å².